The Bertz CT molecular complexity index is 280. The quantitative estimate of drug-likeness (QED) is 0.592. The van der Waals surface area contributed by atoms with E-state index in [2.05, 4.69) is 10.4 Å². The number of nitrogens with one attached hydrogen (secondary N) is 1. The Balaban J connectivity index is 1.72. The molecule has 90 valence electrons. The Hall–Kier alpha value is -0.450. The fraction of sp³-hybridized carbons (Fsp3) is 0.750. The highest BCUT2D eigenvalue weighted by Gasteiger charge is 2.17. The monoisotopic (exact) mass is 239 g/mol. The van der Waals surface area contributed by atoms with Crippen molar-refractivity contribution in [2.24, 2.45) is 11.8 Å². The molecule has 0 aliphatic heterocycles. The third-order valence-electron chi connectivity index (χ3n) is 3.56. The van der Waals surface area contributed by atoms with Crippen molar-refractivity contribution in [1.29, 1.82) is 0 Å². The SMILES string of the molecule is NNC(CCC1CCCC1)Cc1cncs1. The van der Waals surface area contributed by atoms with Gasteiger partial charge in [0.25, 0.3) is 0 Å². The highest BCUT2D eigenvalue weighted by atomic mass is 32.1. The molecule has 0 saturated heterocycles. The van der Waals surface area contributed by atoms with Gasteiger partial charge in [0.05, 0.1) is 5.51 Å². The molecule has 3 N–H and O–H groups in total. The lowest BCUT2D eigenvalue weighted by atomic mass is 9.97. The Morgan fingerprint density at radius 2 is 2.31 bits per heavy atom. The summed E-state index contributed by atoms with van der Waals surface area (Å²) in [5, 5.41) is 0. The molecule has 0 spiro atoms. The Kier molecular flexibility index (Phi) is 4.75. The largest absolute Gasteiger partial charge is 0.271 e. The number of hydrogen-bond donors (Lipinski definition) is 2. The van der Waals surface area contributed by atoms with Crippen LogP contribution in [0.1, 0.15) is 43.4 Å². The van der Waals surface area contributed by atoms with E-state index in [0.29, 0.717) is 6.04 Å². The maximum Gasteiger partial charge on any atom is 0.0794 e. The minimum absolute atomic E-state index is 0.418. The molecular formula is C12H21N3S. The first-order valence-electron chi connectivity index (χ1n) is 6.22. The molecule has 1 unspecified atom stereocenters. The molecule has 16 heavy (non-hydrogen) atoms. The van der Waals surface area contributed by atoms with Crippen LogP contribution in [0, 0.1) is 5.92 Å². The first kappa shape index (κ1) is 12.0. The van der Waals surface area contributed by atoms with Gasteiger partial charge in [-0.25, -0.2) is 0 Å². The van der Waals surface area contributed by atoms with Gasteiger partial charge in [0, 0.05) is 23.5 Å². The average Bonchev–Trinajstić information content (AvgIpc) is 2.97. The molecule has 0 radical (unpaired) electrons. The van der Waals surface area contributed by atoms with Gasteiger partial charge in [-0.15, -0.1) is 11.3 Å². The molecule has 1 aromatic rings. The van der Waals surface area contributed by atoms with Crippen molar-refractivity contribution in [3.05, 3.63) is 16.6 Å². The van der Waals surface area contributed by atoms with E-state index < -0.39 is 0 Å². The van der Waals surface area contributed by atoms with E-state index >= 15 is 0 Å². The van der Waals surface area contributed by atoms with Gasteiger partial charge >= 0.3 is 0 Å². The van der Waals surface area contributed by atoms with Crippen LogP contribution in [0.4, 0.5) is 0 Å². The van der Waals surface area contributed by atoms with E-state index in [-0.39, 0.29) is 0 Å². The number of nitrogens with two attached hydrogens (primary N) is 1. The summed E-state index contributed by atoms with van der Waals surface area (Å²) in [5.74, 6) is 6.56. The molecule has 0 bridgehead atoms. The molecule has 1 aliphatic rings. The summed E-state index contributed by atoms with van der Waals surface area (Å²) in [7, 11) is 0. The van der Waals surface area contributed by atoms with E-state index in [0.717, 1.165) is 12.3 Å². The number of aromatic nitrogens is 1. The second-order valence-corrected chi connectivity index (χ2v) is 5.73. The molecule has 2 rings (SSSR count). The summed E-state index contributed by atoms with van der Waals surface area (Å²) in [5.41, 5.74) is 4.83. The maximum absolute atomic E-state index is 5.61. The molecule has 3 nitrogen and oxygen atoms in total. The molecule has 1 fully saturated rings. The lowest BCUT2D eigenvalue weighted by Crippen LogP contribution is -2.36. The molecule has 1 atom stereocenters. The fourth-order valence-electron chi connectivity index (χ4n) is 2.57. The minimum atomic E-state index is 0.418. The summed E-state index contributed by atoms with van der Waals surface area (Å²) in [4.78, 5) is 5.43. The molecule has 1 saturated carbocycles. The van der Waals surface area contributed by atoms with E-state index in [4.69, 9.17) is 5.84 Å². The van der Waals surface area contributed by atoms with Crippen LogP contribution in [0.5, 0.6) is 0 Å². The van der Waals surface area contributed by atoms with Crippen LogP contribution in [0.25, 0.3) is 0 Å². The van der Waals surface area contributed by atoms with Crippen molar-refractivity contribution in [3.8, 4) is 0 Å². The number of hydrazine groups is 1. The molecule has 0 amide bonds. The Labute approximate surface area is 101 Å². The van der Waals surface area contributed by atoms with Crippen LogP contribution in [0.15, 0.2) is 11.7 Å². The van der Waals surface area contributed by atoms with Gasteiger partial charge in [0.15, 0.2) is 0 Å². The zero-order valence-electron chi connectivity index (χ0n) is 9.69. The van der Waals surface area contributed by atoms with Gasteiger partial charge in [0.1, 0.15) is 0 Å². The molecule has 0 aromatic carbocycles. The highest BCUT2D eigenvalue weighted by molar-refractivity contribution is 7.09. The van der Waals surface area contributed by atoms with Crippen molar-refractivity contribution >= 4 is 11.3 Å². The normalized spacial score (nSPS) is 19.1. The first-order chi connectivity index (χ1) is 7.88. The summed E-state index contributed by atoms with van der Waals surface area (Å²) in [6.45, 7) is 0. The summed E-state index contributed by atoms with van der Waals surface area (Å²) in [6, 6.07) is 0.418. The third kappa shape index (κ3) is 3.54. The van der Waals surface area contributed by atoms with Gasteiger partial charge in [0.2, 0.25) is 0 Å². The van der Waals surface area contributed by atoms with E-state index in [1.165, 1.54) is 43.4 Å². The van der Waals surface area contributed by atoms with Crippen molar-refractivity contribution in [1.82, 2.24) is 10.4 Å². The van der Waals surface area contributed by atoms with Crippen LogP contribution in [-0.4, -0.2) is 11.0 Å². The second-order valence-electron chi connectivity index (χ2n) is 4.76. The van der Waals surface area contributed by atoms with Gasteiger partial charge in [-0.3, -0.25) is 16.3 Å². The van der Waals surface area contributed by atoms with E-state index in [1.54, 1.807) is 11.3 Å². The van der Waals surface area contributed by atoms with Gasteiger partial charge < -0.3 is 0 Å². The van der Waals surface area contributed by atoms with Gasteiger partial charge in [-0.2, -0.15) is 0 Å². The molecule has 1 aromatic heterocycles. The third-order valence-corrected chi connectivity index (χ3v) is 4.37. The van der Waals surface area contributed by atoms with Crippen molar-refractivity contribution < 1.29 is 0 Å². The Morgan fingerprint density at radius 3 is 2.94 bits per heavy atom. The second kappa shape index (κ2) is 6.33. The standard InChI is InChI=1S/C12H21N3S/c13-15-11(7-12-8-14-9-16-12)6-5-10-3-1-2-4-10/h8-11,15H,1-7,13H2. The molecular weight excluding hydrogens is 218 g/mol. The Morgan fingerprint density at radius 1 is 1.50 bits per heavy atom. The first-order valence-corrected chi connectivity index (χ1v) is 7.10. The molecule has 1 aliphatic carbocycles. The number of hydrogen-bond acceptors (Lipinski definition) is 4. The fourth-order valence-corrected chi connectivity index (χ4v) is 3.24. The predicted octanol–water partition coefficient (Wildman–Crippen LogP) is 2.49. The lowest BCUT2D eigenvalue weighted by molar-refractivity contribution is 0.408. The zero-order chi connectivity index (χ0) is 11.2. The smallest absolute Gasteiger partial charge is 0.0794 e. The molecule has 4 heteroatoms. The summed E-state index contributed by atoms with van der Waals surface area (Å²) < 4.78 is 0. The number of thiazole rings is 1. The summed E-state index contributed by atoms with van der Waals surface area (Å²) in [6.07, 6.45) is 11.2. The minimum Gasteiger partial charge on any atom is -0.271 e. The van der Waals surface area contributed by atoms with E-state index in [9.17, 15) is 0 Å². The van der Waals surface area contributed by atoms with Gasteiger partial charge in [-0.1, -0.05) is 25.7 Å². The van der Waals surface area contributed by atoms with Crippen LogP contribution in [-0.2, 0) is 6.42 Å². The average molecular weight is 239 g/mol. The van der Waals surface area contributed by atoms with Crippen LogP contribution < -0.4 is 11.3 Å². The van der Waals surface area contributed by atoms with Crippen LogP contribution >= 0.6 is 11.3 Å². The zero-order valence-corrected chi connectivity index (χ0v) is 10.5. The van der Waals surface area contributed by atoms with Gasteiger partial charge in [-0.05, 0) is 18.8 Å². The number of nitrogens with zero attached hydrogens (tertiary/aromatic N) is 1. The predicted molar refractivity (Wildman–Crippen MR) is 68.1 cm³/mol. The van der Waals surface area contributed by atoms with Crippen LogP contribution in [0.2, 0.25) is 0 Å². The van der Waals surface area contributed by atoms with Crippen molar-refractivity contribution in [2.45, 2.75) is 51.0 Å². The van der Waals surface area contributed by atoms with Crippen molar-refractivity contribution in [3.63, 3.8) is 0 Å². The van der Waals surface area contributed by atoms with Crippen LogP contribution in [0.3, 0.4) is 0 Å². The lowest BCUT2D eigenvalue weighted by Gasteiger charge is -2.17. The number of rotatable bonds is 6. The van der Waals surface area contributed by atoms with E-state index in [1.807, 2.05) is 11.7 Å². The maximum atomic E-state index is 5.61. The molecule has 1 heterocycles. The summed E-state index contributed by atoms with van der Waals surface area (Å²) >= 11 is 1.72. The highest BCUT2D eigenvalue weighted by Crippen LogP contribution is 2.29. The topological polar surface area (TPSA) is 50.9 Å². The van der Waals surface area contributed by atoms with Crippen molar-refractivity contribution in [2.75, 3.05) is 0 Å².